The first kappa shape index (κ1) is 21.1. The second-order valence-corrected chi connectivity index (χ2v) is 7.99. The Bertz CT molecular complexity index is 1170. The van der Waals surface area contributed by atoms with Gasteiger partial charge in [0.25, 0.3) is 0 Å². The number of nitrogens with zero attached hydrogens (tertiary/aromatic N) is 1. The molecule has 1 fully saturated rings. The normalized spacial score (nSPS) is 12.9. The highest BCUT2D eigenvalue weighted by atomic mass is 35.5. The molecule has 1 saturated carbocycles. The minimum atomic E-state index is -0.201. The zero-order chi connectivity index (χ0) is 22.0. The molecule has 3 N–H and O–H groups in total. The van der Waals surface area contributed by atoms with Crippen molar-refractivity contribution in [3.63, 3.8) is 0 Å². The van der Waals surface area contributed by atoms with Crippen LogP contribution in [0.4, 0.5) is 11.4 Å². The molecule has 160 valence electrons. The molecule has 0 atom stereocenters. The lowest BCUT2D eigenvalue weighted by molar-refractivity contribution is -0.114. The van der Waals surface area contributed by atoms with Gasteiger partial charge >= 0.3 is 0 Å². The first-order valence-corrected chi connectivity index (χ1v) is 10.5. The molecule has 7 nitrogen and oxygen atoms in total. The molecule has 9 heteroatoms. The van der Waals surface area contributed by atoms with E-state index in [9.17, 15) is 4.79 Å². The smallest absolute Gasteiger partial charge is 0.221 e. The van der Waals surface area contributed by atoms with E-state index in [-0.39, 0.29) is 5.91 Å². The minimum Gasteiger partial charge on any atom is -0.494 e. The second-order valence-electron chi connectivity index (χ2n) is 7.18. The van der Waals surface area contributed by atoms with Gasteiger partial charge in [-0.15, -0.1) is 0 Å². The molecule has 0 unspecified atom stereocenters. The summed E-state index contributed by atoms with van der Waals surface area (Å²) in [6, 6.07) is 11.1. The lowest BCUT2D eigenvalue weighted by Crippen LogP contribution is -2.30. The number of hydrogen-bond donors (Lipinski definition) is 3. The molecule has 3 aromatic rings. The summed E-state index contributed by atoms with van der Waals surface area (Å²) >= 11 is 11.7. The zero-order valence-electron chi connectivity index (χ0n) is 17.0. The summed E-state index contributed by atoms with van der Waals surface area (Å²) < 4.78 is 11.5. The fraction of sp³-hybridized carbons (Fsp3) is 0.227. The molecule has 1 amide bonds. The van der Waals surface area contributed by atoms with Gasteiger partial charge in [-0.1, -0.05) is 11.6 Å². The van der Waals surface area contributed by atoms with E-state index in [0.717, 1.165) is 18.2 Å². The average molecular weight is 457 g/mol. The average Bonchev–Trinajstić information content (AvgIpc) is 3.53. The van der Waals surface area contributed by atoms with E-state index in [2.05, 4.69) is 20.9 Å². The van der Waals surface area contributed by atoms with Crippen molar-refractivity contribution in [2.24, 2.45) is 0 Å². The summed E-state index contributed by atoms with van der Waals surface area (Å²) in [7, 11) is 1.54. The number of anilines is 2. The van der Waals surface area contributed by atoms with Crippen LogP contribution in [0.3, 0.4) is 0 Å². The summed E-state index contributed by atoms with van der Waals surface area (Å²) in [5.41, 5.74) is 1.91. The van der Waals surface area contributed by atoms with Gasteiger partial charge < -0.3 is 25.4 Å². The Kier molecular flexibility index (Phi) is 6.11. The van der Waals surface area contributed by atoms with Gasteiger partial charge in [-0.3, -0.25) is 9.78 Å². The number of aromatic nitrogens is 1. The molecule has 1 aromatic heterocycles. The van der Waals surface area contributed by atoms with Crippen LogP contribution in [0.25, 0.3) is 10.9 Å². The molecule has 0 radical (unpaired) electrons. The topological polar surface area (TPSA) is 84.5 Å². The lowest BCUT2D eigenvalue weighted by atomic mass is 10.1. The molecule has 2 aromatic carbocycles. The van der Waals surface area contributed by atoms with E-state index >= 15 is 0 Å². The van der Waals surface area contributed by atoms with Crippen LogP contribution in [0, 0.1) is 0 Å². The van der Waals surface area contributed by atoms with Gasteiger partial charge in [0.15, 0.2) is 5.11 Å². The summed E-state index contributed by atoms with van der Waals surface area (Å²) in [6.07, 6.45) is 3.92. The van der Waals surface area contributed by atoms with Crippen molar-refractivity contribution >= 4 is 57.1 Å². The Hall–Kier alpha value is -3.10. The van der Waals surface area contributed by atoms with Crippen LogP contribution >= 0.6 is 23.8 Å². The molecule has 1 aliphatic rings. The van der Waals surface area contributed by atoms with E-state index in [4.69, 9.17) is 33.3 Å². The van der Waals surface area contributed by atoms with Gasteiger partial charge in [-0.05, 0) is 49.3 Å². The third-order valence-corrected chi connectivity index (χ3v) is 5.20. The van der Waals surface area contributed by atoms with Gasteiger partial charge in [-0.2, -0.15) is 0 Å². The number of nitrogens with one attached hydrogen (secondary N) is 3. The predicted molar refractivity (Wildman–Crippen MR) is 127 cm³/mol. The number of ether oxygens (including phenoxy) is 2. The van der Waals surface area contributed by atoms with Gasteiger partial charge in [-0.25, -0.2) is 0 Å². The third kappa shape index (κ3) is 5.15. The largest absolute Gasteiger partial charge is 0.494 e. The van der Waals surface area contributed by atoms with Crippen LogP contribution in [-0.2, 0) is 4.79 Å². The number of benzene rings is 2. The van der Waals surface area contributed by atoms with E-state index in [1.165, 1.54) is 14.0 Å². The Morgan fingerprint density at radius 3 is 2.61 bits per heavy atom. The molecule has 0 saturated heterocycles. The second kappa shape index (κ2) is 8.95. The highest BCUT2D eigenvalue weighted by Crippen LogP contribution is 2.37. The molecule has 1 aliphatic carbocycles. The van der Waals surface area contributed by atoms with Crippen LogP contribution in [0.1, 0.15) is 19.8 Å². The lowest BCUT2D eigenvalue weighted by Gasteiger charge is -2.14. The first-order valence-electron chi connectivity index (χ1n) is 9.72. The number of thiocarbonyl (C=S) groups is 1. The van der Waals surface area contributed by atoms with Crippen molar-refractivity contribution in [1.82, 2.24) is 10.3 Å². The number of methoxy groups -OCH3 is 1. The SMILES string of the molecule is COc1cc2nccc(Oc3ccc(NC(=S)NC4CC4)c(Cl)c3)c2cc1NC(C)=O. The van der Waals surface area contributed by atoms with Crippen LogP contribution in [0.5, 0.6) is 17.2 Å². The van der Waals surface area contributed by atoms with E-state index in [1.54, 1.807) is 36.5 Å². The predicted octanol–water partition coefficient (Wildman–Crippen LogP) is 5.10. The van der Waals surface area contributed by atoms with E-state index in [1.807, 2.05) is 6.07 Å². The van der Waals surface area contributed by atoms with Gasteiger partial charge in [0.05, 0.1) is 29.0 Å². The van der Waals surface area contributed by atoms with Gasteiger partial charge in [0.1, 0.15) is 17.2 Å². The van der Waals surface area contributed by atoms with Crippen LogP contribution in [0.2, 0.25) is 5.02 Å². The number of carbonyl (C=O) groups is 1. The molecule has 0 bridgehead atoms. The Morgan fingerprint density at radius 2 is 1.94 bits per heavy atom. The highest BCUT2D eigenvalue weighted by Gasteiger charge is 2.22. The number of halogens is 1. The van der Waals surface area contributed by atoms with Gasteiger partial charge in [0, 0.05) is 36.7 Å². The molecule has 0 spiro atoms. The van der Waals surface area contributed by atoms with E-state index in [0.29, 0.717) is 50.3 Å². The van der Waals surface area contributed by atoms with Crippen LogP contribution in [0.15, 0.2) is 42.6 Å². The summed E-state index contributed by atoms with van der Waals surface area (Å²) in [4.78, 5) is 15.9. The number of hydrogen-bond acceptors (Lipinski definition) is 5. The Morgan fingerprint density at radius 1 is 1.13 bits per heavy atom. The Labute approximate surface area is 190 Å². The zero-order valence-corrected chi connectivity index (χ0v) is 18.6. The maximum Gasteiger partial charge on any atom is 0.221 e. The van der Waals surface area contributed by atoms with Crippen molar-refractivity contribution in [2.75, 3.05) is 17.7 Å². The molecular formula is C22H21ClN4O3S. The van der Waals surface area contributed by atoms with Gasteiger partial charge in [0.2, 0.25) is 5.91 Å². The minimum absolute atomic E-state index is 0.201. The number of amides is 1. The quantitative estimate of drug-likeness (QED) is 0.445. The molecule has 4 rings (SSSR count). The van der Waals surface area contributed by atoms with Crippen LogP contribution < -0.4 is 25.4 Å². The summed E-state index contributed by atoms with van der Waals surface area (Å²) in [6.45, 7) is 1.44. The van der Waals surface area contributed by atoms with Crippen LogP contribution in [-0.4, -0.2) is 29.2 Å². The standard InChI is InChI=1S/C22H21ClN4O3S/c1-12(28)25-19-10-15-18(11-21(19)29-2)24-8-7-20(15)30-14-5-6-17(16(23)9-14)27-22(31)26-13-3-4-13/h5-11,13H,3-4H2,1-2H3,(H,25,28)(H2,26,27,31). The number of carbonyl (C=O) groups excluding carboxylic acids is 1. The highest BCUT2D eigenvalue weighted by molar-refractivity contribution is 7.80. The first-order chi connectivity index (χ1) is 14.9. The summed E-state index contributed by atoms with van der Waals surface area (Å²) in [5.74, 6) is 1.44. The van der Waals surface area contributed by atoms with Crippen molar-refractivity contribution in [2.45, 2.75) is 25.8 Å². The maximum atomic E-state index is 11.6. The number of fused-ring (bicyclic) bond motifs is 1. The number of pyridine rings is 1. The maximum absolute atomic E-state index is 11.6. The third-order valence-electron chi connectivity index (χ3n) is 4.66. The molecule has 31 heavy (non-hydrogen) atoms. The van der Waals surface area contributed by atoms with Crippen molar-refractivity contribution in [3.8, 4) is 17.2 Å². The summed E-state index contributed by atoms with van der Waals surface area (Å²) in [5, 5.41) is 10.8. The molecular weight excluding hydrogens is 436 g/mol. The fourth-order valence-electron chi connectivity index (χ4n) is 3.05. The Balaban J connectivity index is 1.59. The van der Waals surface area contributed by atoms with Crippen molar-refractivity contribution in [1.29, 1.82) is 0 Å². The monoisotopic (exact) mass is 456 g/mol. The molecule has 0 aliphatic heterocycles. The number of rotatable bonds is 6. The van der Waals surface area contributed by atoms with Crippen molar-refractivity contribution in [3.05, 3.63) is 47.6 Å². The van der Waals surface area contributed by atoms with Crippen molar-refractivity contribution < 1.29 is 14.3 Å². The van der Waals surface area contributed by atoms with E-state index < -0.39 is 0 Å². The molecule has 1 heterocycles. The fourth-order valence-corrected chi connectivity index (χ4v) is 3.55.